The third-order valence-electron chi connectivity index (χ3n) is 2.43. The molecule has 2 aromatic rings. The summed E-state index contributed by atoms with van der Waals surface area (Å²) < 4.78 is 13.3. The van der Waals surface area contributed by atoms with Crippen LogP contribution in [0.4, 0.5) is 4.39 Å². The lowest BCUT2D eigenvalue weighted by molar-refractivity contribution is 0.430. The van der Waals surface area contributed by atoms with E-state index in [2.05, 4.69) is 0 Å². The zero-order chi connectivity index (χ0) is 12.6. The van der Waals surface area contributed by atoms with Gasteiger partial charge in [0, 0.05) is 10.0 Å². The summed E-state index contributed by atoms with van der Waals surface area (Å²) in [5, 5.41) is 10.4. The highest BCUT2D eigenvalue weighted by atomic mass is 35.5. The Morgan fingerprint density at radius 3 is 2.00 bits per heavy atom. The molecule has 0 spiro atoms. The van der Waals surface area contributed by atoms with E-state index < -0.39 is 5.82 Å². The van der Waals surface area contributed by atoms with Gasteiger partial charge in [0.1, 0.15) is 0 Å². The molecule has 0 fully saturated rings. The summed E-state index contributed by atoms with van der Waals surface area (Å²) in [5.41, 5.74) is 1.78. The van der Waals surface area contributed by atoms with Crippen molar-refractivity contribution >= 4 is 23.2 Å². The van der Waals surface area contributed by atoms with Gasteiger partial charge in [0.05, 0.1) is 0 Å². The van der Waals surface area contributed by atoms with E-state index in [1.54, 1.807) is 31.2 Å². The van der Waals surface area contributed by atoms with Crippen LogP contribution in [0.3, 0.4) is 0 Å². The fourth-order valence-electron chi connectivity index (χ4n) is 1.64. The molecule has 17 heavy (non-hydrogen) atoms. The van der Waals surface area contributed by atoms with E-state index in [0.717, 1.165) is 5.56 Å². The Balaban J connectivity index is 2.60. The Bertz CT molecular complexity index is 538. The second-order valence-corrected chi connectivity index (χ2v) is 4.66. The minimum Gasteiger partial charge on any atom is -0.505 e. The third-order valence-corrected chi connectivity index (χ3v) is 2.87. The quantitative estimate of drug-likeness (QED) is 0.788. The Morgan fingerprint density at radius 2 is 1.47 bits per heavy atom. The Hall–Kier alpha value is -1.25. The molecule has 0 unspecified atom stereocenters. The van der Waals surface area contributed by atoms with Crippen molar-refractivity contribution in [2.45, 2.75) is 6.92 Å². The predicted octanol–water partition coefficient (Wildman–Crippen LogP) is 4.81. The molecule has 0 aliphatic rings. The number of hydrogen-bond acceptors (Lipinski definition) is 1. The number of hydrogen-bond donors (Lipinski definition) is 1. The summed E-state index contributed by atoms with van der Waals surface area (Å²) in [6.07, 6.45) is 0. The van der Waals surface area contributed by atoms with Gasteiger partial charge in [0.2, 0.25) is 0 Å². The molecule has 88 valence electrons. The maximum atomic E-state index is 13.3. The van der Waals surface area contributed by atoms with Crippen LogP contribution in [-0.2, 0) is 0 Å². The smallest absolute Gasteiger partial charge is 0.167 e. The first-order chi connectivity index (χ1) is 7.97. The Labute approximate surface area is 108 Å². The van der Waals surface area contributed by atoms with Gasteiger partial charge in [0.25, 0.3) is 0 Å². The van der Waals surface area contributed by atoms with E-state index in [1.807, 2.05) is 0 Å². The zero-order valence-corrected chi connectivity index (χ0v) is 10.5. The molecule has 1 nitrogen and oxygen atoms in total. The largest absolute Gasteiger partial charge is 0.505 e. The molecule has 0 heterocycles. The average molecular weight is 271 g/mol. The van der Waals surface area contributed by atoms with Gasteiger partial charge in [-0.3, -0.25) is 0 Å². The monoisotopic (exact) mass is 270 g/mol. The number of phenols is 1. The molecule has 0 saturated heterocycles. The van der Waals surface area contributed by atoms with Gasteiger partial charge in [-0.25, -0.2) is 4.39 Å². The number of aromatic hydroxyl groups is 1. The molecule has 0 aliphatic heterocycles. The van der Waals surface area contributed by atoms with Crippen molar-refractivity contribution in [1.82, 2.24) is 0 Å². The standard InChI is InChI=1S/C13H9Cl2FO/c1-7-2-8(5-12(17)13(7)16)9-3-10(14)6-11(15)4-9/h2-6,17H,1H3. The van der Waals surface area contributed by atoms with E-state index in [-0.39, 0.29) is 5.75 Å². The van der Waals surface area contributed by atoms with E-state index in [0.29, 0.717) is 21.2 Å². The van der Waals surface area contributed by atoms with Crippen LogP contribution < -0.4 is 0 Å². The van der Waals surface area contributed by atoms with Gasteiger partial charge in [-0.15, -0.1) is 0 Å². The van der Waals surface area contributed by atoms with Crippen LogP contribution in [0.25, 0.3) is 11.1 Å². The molecule has 2 aromatic carbocycles. The maximum absolute atomic E-state index is 13.3. The lowest BCUT2D eigenvalue weighted by Crippen LogP contribution is -1.86. The molecule has 0 radical (unpaired) electrons. The molecule has 2 rings (SSSR count). The van der Waals surface area contributed by atoms with Gasteiger partial charge in [-0.1, -0.05) is 23.2 Å². The van der Waals surface area contributed by atoms with Crippen LogP contribution in [0.1, 0.15) is 5.56 Å². The lowest BCUT2D eigenvalue weighted by atomic mass is 10.0. The highest BCUT2D eigenvalue weighted by Gasteiger charge is 2.09. The van der Waals surface area contributed by atoms with Crippen molar-refractivity contribution < 1.29 is 9.50 Å². The third kappa shape index (κ3) is 2.54. The summed E-state index contributed by atoms with van der Waals surface area (Å²) >= 11 is 11.8. The molecule has 0 atom stereocenters. The summed E-state index contributed by atoms with van der Waals surface area (Å²) in [5.74, 6) is -0.988. The zero-order valence-electron chi connectivity index (χ0n) is 8.97. The van der Waals surface area contributed by atoms with Crippen molar-refractivity contribution in [2.24, 2.45) is 0 Å². The fraction of sp³-hybridized carbons (Fsp3) is 0.0769. The molecule has 0 aliphatic carbocycles. The fourth-order valence-corrected chi connectivity index (χ4v) is 2.16. The van der Waals surface area contributed by atoms with Crippen LogP contribution in [0.15, 0.2) is 30.3 Å². The summed E-state index contributed by atoms with van der Waals surface area (Å²) in [6.45, 7) is 1.59. The van der Waals surface area contributed by atoms with E-state index in [1.165, 1.54) is 6.07 Å². The second kappa shape index (κ2) is 4.55. The molecule has 0 bridgehead atoms. The molecule has 0 amide bonds. The predicted molar refractivity (Wildman–Crippen MR) is 68.3 cm³/mol. The first kappa shape index (κ1) is 12.2. The first-order valence-corrected chi connectivity index (χ1v) is 5.68. The minimum absolute atomic E-state index is 0.371. The van der Waals surface area contributed by atoms with Gasteiger partial charge in [0.15, 0.2) is 11.6 Å². The van der Waals surface area contributed by atoms with Crippen LogP contribution in [0.2, 0.25) is 10.0 Å². The number of halogens is 3. The van der Waals surface area contributed by atoms with E-state index >= 15 is 0 Å². The molecule has 0 aromatic heterocycles. The SMILES string of the molecule is Cc1cc(-c2cc(Cl)cc(Cl)c2)cc(O)c1F. The number of aryl methyl sites for hydroxylation is 1. The topological polar surface area (TPSA) is 20.2 Å². The molecule has 4 heteroatoms. The van der Waals surface area contributed by atoms with Gasteiger partial charge in [-0.2, -0.15) is 0 Å². The van der Waals surface area contributed by atoms with Crippen molar-refractivity contribution in [3.05, 3.63) is 51.8 Å². The normalized spacial score (nSPS) is 10.6. The summed E-state index contributed by atoms with van der Waals surface area (Å²) in [4.78, 5) is 0. The average Bonchev–Trinajstić information content (AvgIpc) is 2.23. The molecular weight excluding hydrogens is 262 g/mol. The lowest BCUT2D eigenvalue weighted by Gasteiger charge is -2.07. The van der Waals surface area contributed by atoms with Crippen molar-refractivity contribution in [3.63, 3.8) is 0 Å². The number of phenolic OH excluding ortho intramolecular Hbond substituents is 1. The van der Waals surface area contributed by atoms with Gasteiger partial charge in [-0.05, 0) is 53.9 Å². The van der Waals surface area contributed by atoms with Crippen LogP contribution in [0, 0.1) is 12.7 Å². The molecular formula is C13H9Cl2FO. The summed E-state index contributed by atoms with van der Waals surface area (Å²) in [7, 11) is 0. The van der Waals surface area contributed by atoms with Crippen molar-refractivity contribution in [3.8, 4) is 16.9 Å². The first-order valence-electron chi connectivity index (χ1n) is 4.93. The summed E-state index contributed by atoms with van der Waals surface area (Å²) in [6, 6.07) is 8.02. The van der Waals surface area contributed by atoms with Crippen LogP contribution >= 0.6 is 23.2 Å². The maximum Gasteiger partial charge on any atom is 0.167 e. The molecule has 0 saturated carbocycles. The molecule has 1 N–H and O–H groups in total. The minimum atomic E-state index is -0.609. The van der Waals surface area contributed by atoms with E-state index in [9.17, 15) is 9.50 Å². The number of rotatable bonds is 1. The van der Waals surface area contributed by atoms with Gasteiger partial charge >= 0.3 is 0 Å². The van der Waals surface area contributed by atoms with Crippen LogP contribution in [-0.4, -0.2) is 5.11 Å². The Morgan fingerprint density at radius 1 is 0.941 bits per heavy atom. The van der Waals surface area contributed by atoms with Gasteiger partial charge < -0.3 is 5.11 Å². The highest BCUT2D eigenvalue weighted by molar-refractivity contribution is 6.35. The van der Waals surface area contributed by atoms with Crippen molar-refractivity contribution in [1.29, 1.82) is 0 Å². The Kier molecular flexibility index (Phi) is 3.27. The second-order valence-electron chi connectivity index (χ2n) is 3.78. The number of benzene rings is 2. The highest BCUT2D eigenvalue weighted by Crippen LogP contribution is 2.31. The van der Waals surface area contributed by atoms with E-state index in [4.69, 9.17) is 23.2 Å². The van der Waals surface area contributed by atoms with Crippen LogP contribution in [0.5, 0.6) is 5.75 Å². The van der Waals surface area contributed by atoms with Crippen molar-refractivity contribution in [2.75, 3.05) is 0 Å².